The van der Waals surface area contributed by atoms with Gasteiger partial charge in [0.2, 0.25) is 0 Å². The van der Waals surface area contributed by atoms with E-state index in [9.17, 15) is 0 Å². The smallest absolute Gasteiger partial charge is 0.0332 e. The Morgan fingerprint density at radius 3 is 2.30 bits per heavy atom. The van der Waals surface area contributed by atoms with Crippen LogP contribution >= 0.6 is 0 Å². The van der Waals surface area contributed by atoms with Crippen molar-refractivity contribution in [3.05, 3.63) is 23.5 Å². The summed E-state index contributed by atoms with van der Waals surface area (Å²) in [5.41, 5.74) is 7.67. The monoisotopic (exact) mass is 140 g/mol. The van der Waals surface area contributed by atoms with Crippen molar-refractivity contribution < 1.29 is 0 Å². The molecule has 3 N–H and O–H groups in total. The molecule has 1 rings (SSSR count). The molecule has 1 aromatic heterocycles. The van der Waals surface area contributed by atoms with Crippen LogP contribution in [0.25, 0.3) is 0 Å². The second kappa shape index (κ2) is 5.06. The van der Waals surface area contributed by atoms with Gasteiger partial charge in [0.15, 0.2) is 0 Å². The second-order valence-corrected chi connectivity index (χ2v) is 1.91. The molecule has 0 aliphatic rings. The molecule has 0 atom stereocenters. The van der Waals surface area contributed by atoms with Gasteiger partial charge in [-0.1, -0.05) is 13.8 Å². The summed E-state index contributed by atoms with van der Waals surface area (Å²) in [6, 6.07) is 2.04. The van der Waals surface area contributed by atoms with E-state index in [2.05, 4.69) is 4.98 Å². The van der Waals surface area contributed by atoms with Crippen LogP contribution in [0.4, 0.5) is 0 Å². The number of hydrogen-bond acceptors (Lipinski definition) is 1. The van der Waals surface area contributed by atoms with Gasteiger partial charge in [-0.25, -0.2) is 0 Å². The second-order valence-electron chi connectivity index (χ2n) is 1.91. The van der Waals surface area contributed by atoms with E-state index < -0.39 is 0 Å². The molecule has 0 saturated carbocycles. The molecule has 1 heterocycles. The highest BCUT2D eigenvalue weighted by molar-refractivity contribution is 5.13. The maximum atomic E-state index is 5.33. The Morgan fingerprint density at radius 2 is 2.10 bits per heavy atom. The Bertz CT molecular complexity index is 168. The third-order valence-electron chi connectivity index (χ3n) is 1.11. The van der Waals surface area contributed by atoms with Crippen LogP contribution in [0.15, 0.2) is 12.3 Å². The lowest BCUT2D eigenvalue weighted by Gasteiger charge is -1.82. The predicted molar refractivity (Wildman–Crippen MR) is 44.8 cm³/mol. The zero-order valence-electron chi connectivity index (χ0n) is 6.94. The Labute approximate surface area is 62.4 Å². The number of H-pyrrole nitrogens is 1. The van der Waals surface area contributed by atoms with Crippen molar-refractivity contribution in [1.29, 1.82) is 0 Å². The minimum atomic E-state index is 0.605. The fourth-order valence-corrected chi connectivity index (χ4v) is 0.683. The number of rotatable bonds is 1. The largest absolute Gasteiger partial charge is 0.364 e. The van der Waals surface area contributed by atoms with Gasteiger partial charge in [-0.3, -0.25) is 0 Å². The van der Waals surface area contributed by atoms with Gasteiger partial charge in [0.1, 0.15) is 0 Å². The lowest BCUT2D eigenvalue weighted by molar-refractivity contribution is 1.01. The first-order valence-electron chi connectivity index (χ1n) is 3.67. The molecule has 2 heteroatoms. The van der Waals surface area contributed by atoms with Gasteiger partial charge in [-0.15, -0.1) is 0 Å². The fraction of sp³-hybridized carbons (Fsp3) is 0.500. The van der Waals surface area contributed by atoms with Gasteiger partial charge in [0, 0.05) is 18.4 Å². The van der Waals surface area contributed by atoms with Crippen LogP contribution in [-0.4, -0.2) is 4.98 Å². The van der Waals surface area contributed by atoms with E-state index in [1.807, 2.05) is 33.0 Å². The van der Waals surface area contributed by atoms with Crippen molar-refractivity contribution in [2.75, 3.05) is 0 Å². The first kappa shape index (κ1) is 9.24. The molecule has 0 saturated heterocycles. The maximum absolute atomic E-state index is 5.33. The zero-order chi connectivity index (χ0) is 7.98. The molecule has 1 aromatic rings. The molecule has 10 heavy (non-hydrogen) atoms. The van der Waals surface area contributed by atoms with Gasteiger partial charge < -0.3 is 10.7 Å². The molecule has 0 fully saturated rings. The van der Waals surface area contributed by atoms with Crippen molar-refractivity contribution in [1.82, 2.24) is 4.98 Å². The molecule has 0 aliphatic carbocycles. The first-order chi connectivity index (χ1) is 4.83. The normalized spacial score (nSPS) is 8.40. The number of aryl methyl sites for hydroxylation is 1. The van der Waals surface area contributed by atoms with Crippen molar-refractivity contribution in [2.24, 2.45) is 5.73 Å². The van der Waals surface area contributed by atoms with E-state index in [0.717, 1.165) is 5.69 Å². The summed E-state index contributed by atoms with van der Waals surface area (Å²) in [5.74, 6) is 0. The summed E-state index contributed by atoms with van der Waals surface area (Å²) in [6.07, 6.45) is 1.95. The minimum Gasteiger partial charge on any atom is -0.364 e. The van der Waals surface area contributed by atoms with E-state index in [0.29, 0.717) is 6.54 Å². The lowest BCUT2D eigenvalue weighted by atomic mass is 10.3. The molecule has 2 nitrogen and oxygen atoms in total. The molecule has 0 radical (unpaired) electrons. The summed E-state index contributed by atoms with van der Waals surface area (Å²) in [5, 5.41) is 0. The van der Waals surface area contributed by atoms with Gasteiger partial charge in [0.05, 0.1) is 0 Å². The summed E-state index contributed by atoms with van der Waals surface area (Å²) >= 11 is 0. The van der Waals surface area contributed by atoms with Gasteiger partial charge in [-0.05, 0) is 18.6 Å². The molecule has 0 aromatic carbocycles. The van der Waals surface area contributed by atoms with Crippen LogP contribution in [0.1, 0.15) is 25.1 Å². The van der Waals surface area contributed by atoms with Crippen molar-refractivity contribution in [3.63, 3.8) is 0 Å². The number of aromatic nitrogens is 1. The lowest BCUT2D eigenvalue weighted by Crippen LogP contribution is -1.94. The van der Waals surface area contributed by atoms with Crippen molar-refractivity contribution in [2.45, 2.75) is 27.3 Å². The Morgan fingerprint density at radius 1 is 1.50 bits per heavy atom. The first-order valence-corrected chi connectivity index (χ1v) is 3.67. The van der Waals surface area contributed by atoms with Crippen LogP contribution in [0.2, 0.25) is 0 Å². The van der Waals surface area contributed by atoms with Crippen LogP contribution in [0.5, 0.6) is 0 Å². The summed E-state index contributed by atoms with van der Waals surface area (Å²) in [6.45, 7) is 6.64. The third kappa shape index (κ3) is 2.69. The molecule has 0 unspecified atom stereocenters. The number of nitrogens with two attached hydrogens (primary N) is 1. The van der Waals surface area contributed by atoms with Crippen LogP contribution in [0.3, 0.4) is 0 Å². The van der Waals surface area contributed by atoms with Gasteiger partial charge >= 0.3 is 0 Å². The summed E-state index contributed by atoms with van der Waals surface area (Å²) in [7, 11) is 0. The predicted octanol–water partition coefficient (Wildman–Crippen LogP) is 1.81. The quantitative estimate of drug-likeness (QED) is 0.613. The zero-order valence-corrected chi connectivity index (χ0v) is 6.94. The Kier molecular flexibility index (Phi) is 4.67. The highest BCUT2D eigenvalue weighted by Crippen LogP contribution is 1.98. The molecule has 0 bridgehead atoms. The van der Waals surface area contributed by atoms with E-state index in [4.69, 9.17) is 5.73 Å². The van der Waals surface area contributed by atoms with Crippen LogP contribution < -0.4 is 5.73 Å². The number of nitrogens with one attached hydrogen (secondary N) is 1. The van der Waals surface area contributed by atoms with Gasteiger partial charge in [0.25, 0.3) is 0 Å². The molecule has 0 amide bonds. The average molecular weight is 140 g/mol. The van der Waals surface area contributed by atoms with Crippen molar-refractivity contribution in [3.8, 4) is 0 Å². The van der Waals surface area contributed by atoms with Crippen molar-refractivity contribution >= 4 is 0 Å². The molecule has 0 spiro atoms. The summed E-state index contributed by atoms with van der Waals surface area (Å²) < 4.78 is 0. The molecular weight excluding hydrogens is 124 g/mol. The maximum Gasteiger partial charge on any atom is 0.0332 e. The van der Waals surface area contributed by atoms with Crippen LogP contribution in [0, 0.1) is 6.92 Å². The number of aromatic amines is 1. The minimum absolute atomic E-state index is 0.605. The third-order valence-corrected chi connectivity index (χ3v) is 1.11. The molecule has 58 valence electrons. The number of hydrogen-bond donors (Lipinski definition) is 2. The van der Waals surface area contributed by atoms with E-state index in [-0.39, 0.29) is 0 Å². The van der Waals surface area contributed by atoms with E-state index in [1.165, 1.54) is 5.56 Å². The SMILES string of the molecule is CC.Cc1c[nH]c(CN)c1. The Hall–Kier alpha value is -0.760. The van der Waals surface area contributed by atoms with E-state index >= 15 is 0 Å². The highest BCUT2D eigenvalue weighted by Gasteiger charge is 1.88. The topological polar surface area (TPSA) is 41.8 Å². The van der Waals surface area contributed by atoms with Gasteiger partial charge in [-0.2, -0.15) is 0 Å². The Balaban J connectivity index is 0.000000371. The highest BCUT2D eigenvalue weighted by atomic mass is 14.7. The fourth-order valence-electron chi connectivity index (χ4n) is 0.683. The van der Waals surface area contributed by atoms with E-state index in [1.54, 1.807) is 0 Å². The molecular formula is C8H16N2. The average Bonchev–Trinajstić information content (AvgIpc) is 2.40. The van der Waals surface area contributed by atoms with Crippen LogP contribution in [-0.2, 0) is 6.54 Å². The summed E-state index contributed by atoms with van der Waals surface area (Å²) in [4.78, 5) is 3.03. The molecule has 0 aliphatic heterocycles. The standard InChI is InChI=1S/C6H10N2.C2H6/c1-5-2-6(3-7)8-4-5;1-2/h2,4,8H,3,7H2,1H3;1-2H3.